The van der Waals surface area contributed by atoms with Crippen molar-refractivity contribution in [2.75, 3.05) is 5.32 Å². The molecular weight excluding hydrogens is 188 g/mol. The minimum Gasteiger partial charge on any atom is -0.367 e. The van der Waals surface area contributed by atoms with Crippen molar-refractivity contribution >= 4 is 12.0 Å². The largest absolute Gasteiger partial charge is 0.367 e. The highest BCUT2D eigenvalue weighted by atomic mass is 15.1. The maximum absolute atomic E-state index is 7.17. The van der Waals surface area contributed by atoms with Gasteiger partial charge in [-0.1, -0.05) is 13.8 Å². The van der Waals surface area contributed by atoms with Crippen molar-refractivity contribution in [2.24, 2.45) is 0 Å². The summed E-state index contributed by atoms with van der Waals surface area (Å²) < 4.78 is 0. The van der Waals surface area contributed by atoms with Gasteiger partial charge in [-0.25, -0.2) is 9.97 Å². The Kier molecular flexibility index (Phi) is 4.21. The molecule has 0 bridgehead atoms. The third-order valence-electron chi connectivity index (χ3n) is 2.01. The van der Waals surface area contributed by atoms with Gasteiger partial charge in [-0.05, 0) is 19.8 Å². The molecule has 82 valence electrons. The lowest BCUT2D eigenvalue weighted by atomic mass is 10.3. The molecule has 1 saturated carbocycles. The maximum atomic E-state index is 7.17. The molecule has 2 N–H and O–H groups in total. The fourth-order valence-electron chi connectivity index (χ4n) is 1.12. The molecule has 0 unspecified atom stereocenters. The van der Waals surface area contributed by atoms with Crippen LogP contribution in [0, 0.1) is 12.3 Å². The molecule has 0 aromatic carbocycles. The van der Waals surface area contributed by atoms with E-state index in [0.29, 0.717) is 6.04 Å². The number of nitrogens with one attached hydrogen (secondary N) is 2. The van der Waals surface area contributed by atoms with Crippen LogP contribution in [0.5, 0.6) is 0 Å². The number of aryl methyl sites for hydroxylation is 1. The number of nitrogens with zero attached hydrogens (tertiary/aromatic N) is 2. The summed E-state index contributed by atoms with van der Waals surface area (Å²) in [5, 5.41) is 10.4. The summed E-state index contributed by atoms with van der Waals surface area (Å²) in [5.74, 6) is 1.54. The monoisotopic (exact) mass is 206 g/mol. The standard InChI is InChI=1S/C9H12N4.C2H6/c1-6-11-5-7(4-10)9(12-6)13-8-2-3-8;1-2/h4-5,8,10H,2-3H2,1H3,(H,11,12,13);1-2H3. The highest BCUT2D eigenvalue weighted by Gasteiger charge is 2.22. The average molecular weight is 206 g/mol. The van der Waals surface area contributed by atoms with E-state index in [1.807, 2.05) is 20.8 Å². The highest BCUT2D eigenvalue weighted by molar-refractivity contribution is 5.83. The third kappa shape index (κ3) is 3.31. The molecule has 0 spiro atoms. The first-order valence-corrected chi connectivity index (χ1v) is 5.40. The second kappa shape index (κ2) is 5.44. The molecule has 0 saturated heterocycles. The molecule has 0 aliphatic heterocycles. The predicted octanol–water partition coefficient (Wildman–Crippen LogP) is 2.38. The van der Waals surface area contributed by atoms with Crippen LogP contribution in [0.2, 0.25) is 0 Å². The second-order valence-electron chi connectivity index (χ2n) is 3.28. The summed E-state index contributed by atoms with van der Waals surface area (Å²) in [4.78, 5) is 8.29. The zero-order valence-electron chi connectivity index (χ0n) is 9.54. The van der Waals surface area contributed by atoms with Gasteiger partial charge in [-0.15, -0.1) is 0 Å². The summed E-state index contributed by atoms with van der Waals surface area (Å²) in [6, 6.07) is 0.563. The molecule has 0 amide bonds. The highest BCUT2D eigenvalue weighted by Crippen LogP contribution is 2.24. The number of rotatable bonds is 3. The van der Waals surface area contributed by atoms with E-state index in [-0.39, 0.29) is 0 Å². The van der Waals surface area contributed by atoms with Gasteiger partial charge in [0.15, 0.2) is 0 Å². The lowest BCUT2D eigenvalue weighted by Crippen LogP contribution is -2.07. The summed E-state index contributed by atoms with van der Waals surface area (Å²) >= 11 is 0. The lowest BCUT2D eigenvalue weighted by molar-refractivity contribution is 1.02. The van der Waals surface area contributed by atoms with Gasteiger partial charge < -0.3 is 10.7 Å². The first-order chi connectivity index (χ1) is 7.29. The van der Waals surface area contributed by atoms with Crippen molar-refractivity contribution in [3.05, 3.63) is 17.6 Å². The van der Waals surface area contributed by atoms with Crippen molar-refractivity contribution in [3.8, 4) is 0 Å². The van der Waals surface area contributed by atoms with Crippen LogP contribution >= 0.6 is 0 Å². The number of anilines is 1. The smallest absolute Gasteiger partial charge is 0.138 e. The Balaban J connectivity index is 0.000000531. The molecule has 1 aliphatic rings. The fourth-order valence-corrected chi connectivity index (χ4v) is 1.12. The topological polar surface area (TPSA) is 61.7 Å². The molecule has 2 rings (SSSR count). The van der Waals surface area contributed by atoms with Crippen LogP contribution in [-0.2, 0) is 0 Å². The first-order valence-electron chi connectivity index (χ1n) is 5.40. The minimum atomic E-state index is 0.563. The molecule has 0 atom stereocenters. The van der Waals surface area contributed by atoms with E-state index < -0.39 is 0 Å². The third-order valence-corrected chi connectivity index (χ3v) is 2.01. The van der Waals surface area contributed by atoms with Crippen molar-refractivity contribution in [1.29, 1.82) is 5.41 Å². The van der Waals surface area contributed by atoms with Crippen LogP contribution in [-0.4, -0.2) is 22.2 Å². The first kappa shape index (κ1) is 11.6. The predicted molar refractivity (Wildman–Crippen MR) is 62.6 cm³/mol. The van der Waals surface area contributed by atoms with Crippen LogP contribution in [0.1, 0.15) is 38.1 Å². The van der Waals surface area contributed by atoms with Crippen LogP contribution in [0.25, 0.3) is 0 Å². The fraction of sp³-hybridized carbons (Fsp3) is 0.545. The van der Waals surface area contributed by atoms with E-state index in [2.05, 4.69) is 15.3 Å². The van der Waals surface area contributed by atoms with Gasteiger partial charge in [0.25, 0.3) is 0 Å². The molecule has 0 radical (unpaired) electrons. The van der Waals surface area contributed by atoms with E-state index in [9.17, 15) is 0 Å². The molecule has 1 fully saturated rings. The van der Waals surface area contributed by atoms with Crippen LogP contribution < -0.4 is 5.32 Å². The van der Waals surface area contributed by atoms with Crippen molar-refractivity contribution < 1.29 is 0 Å². The normalized spacial score (nSPS) is 13.8. The summed E-state index contributed by atoms with van der Waals surface area (Å²) in [7, 11) is 0. The zero-order chi connectivity index (χ0) is 11.3. The van der Waals surface area contributed by atoms with Gasteiger partial charge in [0.2, 0.25) is 0 Å². The summed E-state index contributed by atoms with van der Waals surface area (Å²) in [6.07, 6.45) is 5.38. The molecule has 1 aliphatic carbocycles. The van der Waals surface area contributed by atoms with Gasteiger partial charge >= 0.3 is 0 Å². The molecule has 1 aromatic heterocycles. The molecule has 4 heteroatoms. The Labute approximate surface area is 90.7 Å². The van der Waals surface area contributed by atoms with Crippen molar-refractivity contribution in [2.45, 2.75) is 39.7 Å². The summed E-state index contributed by atoms with van der Waals surface area (Å²) in [6.45, 7) is 5.85. The Morgan fingerprint density at radius 2 is 2.13 bits per heavy atom. The van der Waals surface area contributed by atoms with Crippen LogP contribution in [0.3, 0.4) is 0 Å². The Morgan fingerprint density at radius 3 is 2.67 bits per heavy atom. The average Bonchev–Trinajstić information content (AvgIpc) is 3.05. The zero-order valence-corrected chi connectivity index (χ0v) is 9.54. The number of aromatic nitrogens is 2. The number of hydrogen-bond acceptors (Lipinski definition) is 4. The van der Waals surface area contributed by atoms with Gasteiger partial charge in [-0.3, -0.25) is 0 Å². The Morgan fingerprint density at radius 1 is 1.47 bits per heavy atom. The molecular formula is C11H18N4. The second-order valence-corrected chi connectivity index (χ2v) is 3.28. The quantitative estimate of drug-likeness (QED) is 0.746. The minimum absolute atomic E-state index is 0.563. The van der Waals surface area contributed by atoms with Gasteiger partial charge in [0.05, 0.1) is 5.56 Å². The molecule has 1 heterocycles. The van der Waals surface area contributed by atoms with Gasteiger partial charge in [-0.2, -0.15) is 0 Å². The maximum Gasteiger partial charge on any atom is 0.138 e. The van der Waals surface area contributed by atoms with E-state index in [4.69, 9.17) is 5.41 Å². The Bertz CT molecular complexity index is 331. The summed E-state index contributed by atoms with van der Waals surface area (Å²) in [5.41, 5.74) is 0.762. The van der Waals surface area contributed by atoms with Gasteiger partial charge in [0.1, 0.15) is 11.6 Å². The number of hydrogen-bond donors (Lipinski definition) is 2. The van der Waals surface area contributed by atoms with Crippen molar-refractivity contribution in [3.63, 3.8) is 0 Å². The van der Waals surface area contributed by atoms with E-state index in [1.165, 1.54) is 19.1 Å². The van der Waals surface area contributed by atoms with E-state index in [0.717, 1.165) is 17.2 Å². The molecule has 1 aromatic rings. The van der Waals surface area contributed by atoms with Crippen LogP contribution in [0.15, 0.2) is 6.20 Å². The molecule has 4 nitrogen and oxygen atoms in total. The SMILES string of the molecule is CC.Cc1ncc(C=N)c(NC2CC2)n1. The van der Waals surface area contributed by atoms with E-state index >= 15 is 0 Å². The Hall–Kier alpha value is -1.45. The van der Waals surface area contributed by atoms with E-state index in [1.54, 1.807) is 6.20 Å². The van der Waals surface area contributed by atoms with Crippen molar-refractivity contribution in [1.82, 2.24) is 9.97 Å². The lowest BCUT2D eigenvalue weighted by Gasteiger charge is -2.06. The van der Waals surface area contributed by atoms with Gasteiger partial charge in [0, 0.05) is 18.5 Å². The molecule has 15 heavy (non-hydrogen) atoms. The van der Waals surface area contributed by atoms with Crippen LogP contribution in [0.4, 0.5) is 5.82 Å².